The molecule has 0 bridgehead atoms. The van der Waals surface area contributed by atoms with E-state index in [0.717, 1.165) is 30.3 Å². The lowest BCUT2D eigenvalue weighted by molar-refractivity contribution is -0.115. The second-order valence-electron chi connectivity index (χ2n) is 4.91. The fourth-order valence-electron chi connectivity index (χ4n) is 1.94. The summed E-state index contributed by atoms with van der Waals surface area (Å²) in [5.41, 5.74) is -0.106. The largest absolute Gasteiger partial charge is 0.322 e. The van der Waals surface area contributed by atoms with E-state index in [1.165, 1.54) is 6.92 Å². The van der Waals surface area contributed by atoms with Gasteiger partial charge >= 0.3 is 0 Å². The number of nitrogens with one attached hydrogen (secondary N) is 2. The van der Waals surface area contributed by atoms with Crippen molar-refractivity contribution in [1.29, 1.82) is 0 Å². The first-order valence-electron chi connectivity index (χ1n) is 6.70. The van der Waals surface area contributed by atoms with Crippen LogP contribution in [0.4, 0.5) is 18.9 Å². The van der Waals surface area contributed by atoms with Crippen LogP contribution in [0.3, 0.4) is 0 Å². The van der Waals surface area contributed by atoms with Gasteiger partial charge in [0, 0.05) is 6.07 Å². The molecule has 0 aromatic heterocycles. The molecule has 0 heterocycles. The first-order valence-corrected chi connectivity index (χ1v) is 8.18. The zero-order valence-electron chi connectivity index (χ0n) is 12.4. The number of carbonyl (C=O) groups excluding carboxylic acids is 1. The summed E-state index contributed by atoms with van der Waals surface area (Å²) in [5, 5.41) is 2.12. The van der Waals surface area contributed by atoms with Gasteiger partial charge in [0.15, 0.2) is 0 Å². The van der Waals surface area contributed by atoms with Gasteiger partial charge < -0.3 is 5.32 Å². The zero-order chi connectivity index (χ0) is 17.9. The second kappa shape index (κ2) is 7.02. The van der Waals surface area contributed by atoms with Gasteiger partial charge in [0.1, 0.15) is 17.5 Å². The highest BCUT2D eigenvalue weighted by Gasteiger charge is 2.18. The number of benzene rings is 2. The maximum atomic E-state index is 13.4. The van der Waals surface area contributed by atoms with Crippen molar-refractivity contribution in [3.05, 3.63) is 59.4 Å². The third-order valence-corrected chi connectivity index (χ3v) is 4.62. The molecule has 5 nitrogen and oxygen atoms in total. The Bertz CT molecular complexity index is 886. The molecule has 0 aliphatic carbocycles. The van der Waals surface area contributed by atoms with E-state index in [0.29, 0.717) is 6.07 Å². The summed E-state index contributed by atoms with van der Waals surface area (Å²) in [5.74, 6) is -3.22. The average Bonchev–Trinajstić information content (AvgIpc) is 2.48. The Morgan fingerprint density at radius 1 is 1.04 bits per heavy atom. The van der Waals surface area contributed by atoms with E-state index in [9.17, 15) is 26.4 Å². The molecule has 128 valence electrons. The minimum atomic E-state index is -4.04. The summed E-state index contributed by atoms with van der Waals surface area (Å²) >= 11 is 0. The molecule has 1 amide bonds. The van der Waals surface area contributed by atoms with Gasteiger partial charge in [-0.15, -0.1) is 0 Å². The first-order chi connectivity index (χ1) is 11.2. The van der Waals surface area contributed by atoms with Gasteiger partial charge in [-0.25, -0.2) is 26.3 Å². The molecule has 0 unspecified atom stereocenters. The van der Waals surface area contributed by atoms with Gasteiger partial charge in [0.05, 0.1) is 17.1 Å². The van der Waals surface area contributed by atoms with Crippen molar-refractivity contribution in [3.63, 3.8) is 0 Å². The number of anilines is 1. The molecule has 2 aromatic rings. The van der Waals surface area contributed by atoms with Crippen molar-refractivity contribution < 1.29 is 26.4 Å². The Kier molecular flexibility index (Phi) is 5.25. The van der Waals surface area contributed by atoms with Crippen LogP contribution in [0.1, 0.15) is 5.56 Å². The van der Waals surface area contributed by atoms with Crippen LogP contribution in [0.5, 0.6) is 0 Å². The Balaban J connectivity index is 2.05. The van der Waals surface area contributed by atoms with E-state index in [-0.39, 0.29) is 16.1 Å². The molecule has 0 spiro atoms. The normalized spacial score (nSPS) is 11.3. The lowest BCUT2D eigenvalue weighted by Gasteiger charge is -2.10. The molecule has 9 heteroatoms. The average molecular weight is 358 g/mol. The number of carbonyl (C=O) groups is 1. The van der Waals surface area contributed by atoms with E-state index in [1.807, 2.05) is 4.72 Å². The summed E-state index contributed by atoms with van der Waals surface area (Å²) in [6, 6.07) is 5.65. The van der Waals surface area contributed by atoms with Gasteiger partial charge in [-0.3, -0.25) is 4.79 Å². The minimum Gasteiger partial charge on any atom is -0.322 e. The second-order valence-corrected chi connectivity index (χ2v) is 6.64. The third kappa shape index (κ3) is 4.33. The van der Waals surface area contributed by atoms with Crippen LogP contribution in [0.15, 0.2) is 41.3 Å². The van der Waals surface area contributed by atoms with Crippen molar-refractivity contribution in [2.24, 2.45) is 0 Å². The van der Waals surface area contributed by atoms with Crippen molar-refractivity contribution in [2.45, 2.75) is 11.8 Å². The molecule has 2 N–H and O–H groups in total. The molecule has 0 saturated heterocycles. The molecule has 0 aliphatic rings. The van der Waals surface area contributed by atoms with Gasteiger partial charge in [-0.2, -0.15) is 0 Å². The van der Waals surface area contributed by atoms with E-state index < -0.39 is 39.9 Å². The number of halogens is 3. The van der Waals surface area contributed by atoms with E-state index in [4.69, 9.17) is 0 Å². The van der Waals surface area contributed by atoms with Crippen LogP contribution < -0.4 is 10.0 Å². The van der Waals surface area contributed by atoms with E-state index >= 15 is 0 Å². The Hall–Kier alpha value is -2.39. The predicted molar refractivity (Wildman–Crippen MR) is 81.3 cm³/mol. The molecule has 0 saturated carbocycles. The summed E-state index contributed by atoms with van der Waals surface area (Å²) in [7, 11) is -4.04. The number of sulfonamides is 1. The maximum absolute atomic E-state index is 13.4. The van der Waals surface area contributed by atoms with Gasteiger partial charge in [-0.1, -0.05) is 0 Å². The highest BCUT2D eigenvalue weighted by atomic mass is 32.2. The molecule has 2 aromatic carbocycles. The number of amides is 1. The predicted octanol–water partition coefficient (Wildman–Crippen LogP) is 2.33. The minimum absolute atomic E-state index is 0.174. The highest BCUT2D eigenvalue weighted by Crippen LogP contribution is 2.16. The summed E-state index contributed by atoms with van der Waals surface area (Å²) in [6.45, 7) is 0.738. The van der Waals surface area contributed by atoms with Gasteiger partial charge in [0.2, 0.25) is 15.9 Å². The molecule has 2 rings (SSSR count). The third-order valence-electron chi connectivity index (χ3n) is 3.05. The lowest BCUT2D eigenvalue weighted by atomic mass is 10.2. The zero-order valence-corrected chi connectivity index (χ0v) is 13.3. The summed E-state index contributed by atoms with van der Waals surface area (Å²) in [6.07, 6.45) is 0. The molecule has 0 aliphatic heterocycles. The van der Waals surface area contributed by atoms with Gasteiger partial charge in [0.25, 0.3) is 0 Å². The number of rotatable bonds is 5. The molecule has 0 atom stereocenters. The van der Waals surface area contributed by atoms with Crippen LogP contribution in [0.2, 0.25) is 0 Å². The van der Waals surface area contributed by atoms with Crippen LogP contribution in [0.25, 0.3) is 0 Å². The van der Waals surface area contributed by atoms with E-state index in [1.54, 1.807) is 0 Å². The molecule has 0 radical (unpaired) electrons. The Labute approximate surface area is 136 Å². The Morgan fingerprint density at radius 2 is 1.67 bits per heavy atom. The van der Waals surface area contributed by atoms with Crippen LogP contribution >= 0.6 is 0 Å². The number of hydrogen-bond donors (Lipinski definition) is 2. The van der Waals surface area contributed by atoms with Crippen LogP contribution in [-0.2, 0) is 14.8 Å². The topological polar surface area (TPSA) is 75.3 Å². The Morgan fingerprint density at radius 3 is 2.29 bits per heavy atom. The van der Waals surface area contributed by atoms with Crippen molar-refractivity contribution >= 4 is 21.6 Å². The molecular weight excluding hydrogens is 345 g/mol. The standard InChI is InChI=1S/C15H13F3N2O3S/c1-9-6-10(16)3-5-14(9)24(22,23)19-8-15(21)20-13-4-2-11(17)7-12(13)18/h2-7,19H,8H2,1H3,(H,20,21). The van der Waals surface area contributed by atoms with Crippen LogP contribution in [0, 0.1) is 24.4 Å². The smallest absolute Gasteiger partial charge is 0.241 e. The quantitative estimate of drug-likeness (QED) is 0.861. The summed E-state index contributed by atoms with van der Waals surface area (Å²) in [4.78, 5) is 11.5. The molecular formula is C15H13F3N2O3S. The van der Waals surface area contributed by atoms with Gasteiger partial charge in [-0.05, 0) is 42.8 Å². The monoisotopic (exact) mass is 358 g/mol. The number of hydrogen-bond acceptors (Lipinski definition) is 3. The fraction of sp³-hybridized carbons (Fsp3) is 0.133. The lowest BCUT2D eigenvalue weighted by Crippen LogP contribution is -2.33. The maximum Gasteiger partial charge on any atom is 0.241 e. The highest BCUT2D eigenvalue weighted by molar-refractivity contribution is 7.89. The van der Waals surface area contributed by atoms with Crippen molar-refractivity contribution in [2.75, 3.05) is 11.9 Å². The SMILES string of the molecule is Cc1cc(F)ccc1S(=O)(=O)NCC(=O)Nc1ccc(F)cc1F. The first kappa shape index (κ1) is 18.0. The van der Waals surface area contributed by atoms with E-state index in [2.05, 4.69) is 5.32 Å². The fourth-order valence-corrected chi connectivity index (χ4v) is 3.14. The van der Waals surface area contributed by atoms with Crippen molar-refractivity contribution in [1.82, 2.24) is 4.72 Å². The summed E-state index contributed by atoms with van der Waals surface area (Å²) < 4.78 is 65.4. The molecule has 24 heavy (non-hydrogen) atoms. The number of aryl methyl sites for hydroxylation is 1. The molecule has 0 fully saturated rings. The van der Waals surface area contributed by atoms with Crippen molar-refractivity contribution in [3.8, 4) is 0 Å². The van der Waals surface area contributed by atoms with Crippen LogP contribution in [-0.4, -0.2) is 20.9 Å².